The number of anilines is 3. The fourth-order valence-electron chi connectivity index (χ4n) is 7.66. The van der Waals surface area contributed by atoms with Crippen LogP contribution in [0.1, 0.15) is 55.8 Å². The summed E-state index contributed by atoms with van der Waals surface area (Å²) in [5.74, 6) is -3.00. The Hall–Kier alpha value is -6.99. The van der Waals surface area contributed by atoms with Gasteiger partial charge in [0.2, 0.25) is 23.7 Å². The number of benzene rings is 4. The molecule has 8 rings (SSSR count). The lowest BCUT2D eigenvalue weighted by Crippen LogP contribution is -2.52. The molecule has 1 unspecified atom stereocenters. The molecule has 4 aromatic carbocycles. The minimum Gasteiger partial charge on any atom is -0.378 e. The first-order chi connectivity index (χ1) is 31.5. The molecule has 0 bridgehead atoms. The van der Waals surface area contributed by atoms with Crippen molar-refractivity contribution in [2.24, 2.45) is 4.99 Å². The van der Waals surface area contributed by atoms with Gasteiger partial charge in [0.05, 0.1) is 56.5 Å². The Morgan fingerprint density at radius 2 is 1.63 bits per heavy atom. The highest BCUT2D eigenvalue weighted by Gasteiger charge is 2.40. The van der Waals surface area contributed by atoms with Crippen LogP contribution in [0.25, 0.3) is 11.3 Å². The first-order valence-corrected chi connectivity index (χ1v) is 21.1. The van der Waals surface area contributed by atoms with Crippen molar-refractivity contribution in [1.82, 2.24) is 30.8 Å². The molecule has 3 aliphatic rings. The number of imide groups is 1. The van der Waals surface area contributed by atoms with Gasteiger partial charge in [-0.25, -0.2) is 18.7 Å². The van der Waals surface area contributed by atoms with E-state index in [2.05, 4.69) is 36.6 Å². The van der Waals surface area contributed by atoms with Crippen LogP contribution in [0.4, 0.5) is 26.1 Å². The standard InChI is InChI=1S/C46H42ClF2N9O7/c47-28-9-12-30-32(21-28)42(40-34(48)4-2-5-35(40)49)52-22-27-23-53-46(57-41(27)30)54-29-10-7-26(8-11-29)43(61)51-16-18-65-20-19-64-17-15-50-24-39(60)55-36-6-1-3-31-33(36)25-58(45(31)63)37-13-14-38(59)56-44(37)62/h1-12,21,23,37,50H,13-20,22,24-25H2,(H,51,61)(H,55,60)(H,53,54,57)(H,56,59,62). The number of carbonyl (C=O) groups is 5. The molecule has 334 valence electrons. The van der Waals surface area contributed by atoms with E-state index in [4.69, 9.17) is 26.1 Å². The highest BCUT2D eigenvalue weighted by Crippen LogP contribution is 2.35. The average molecular weight is 906 g/mol. The van der Waals surface area contributed by atoms with Crippen molar-refractivity contribution in [3.63, 3.8) is 0 Å². The Kier molecular flexibility index (Phi) is 13.9. The van der Waals surface area contributed by atoms with E-state index in [-0.39, 0.29) is 86.5 Å². The van der Waals surface area contributed by atoms with Crippen molar-refractivity contribution < 1.29 is 42.2 Å². The smallest absolute Gasteiger partial charge is 0.255 e. The molecule has 65 heavy (non-hydrogen) atoms. The molecule has 5 amide bonds. The van der Waals surface area contributed by atoms with Crippen LogP contribution in [-0.4, -0.2) is 102 Å². The lowest BCUT2D eigenvalue weighted by Gasteiger charge is -2.29. The molecule has 4 heterocycles. The number of carbonyl (C=O) groups excluding carboxylic acids is 5. The van der Waals surface area contributed by atoms with Gasteiger partial charge >= 0.3 is 0 Å². The molecule has 1 atom stereocenters. The monoisotopic (exact) mass is 905 g/mol. The number of aliphatic imine (C=N–C) groups is 1. The Balaban J connectivity index is 0.718. The number of aromatic nitrogens is 2. The molecule has 19 heteroatoms. The van der Waals surface area contributed by atoms with Gasteiger partial charge in [0, 0.05) is 82.0 Å². The molecule has 0 radical (unpaired) electrons. The summed E-state index contributed by atoms with van der Waals surface area (Å²) in [6.45, 7) is 2.10. The molecule has 5 aromatic rings. The lowest BCUT2D eigenvalue weighted by atomic mass is 9.95. The van der Waals surface area contributed by atoms with Crippen molar-refractivity contribution in [3.05, 3.63) is 135 Å². The molecule has 1 saturated heterocycles. The first-order valence-electron chi connectivity index (χ1n) is 20.8. The van der Waals surface area contributed by atoms with E-state index in [1.165, 1.54) is 23.1 Å². The fraction of sp³-hybridized carbons (Fsp3) is 0.261. The summed E-state index contributed by atoms with van der Waals surface area (Å²) >= 11 is 6.33. The van der Waals surface area contributed by atoms with E-state index in [9.17, 15) is 32.8 Å². The molecule has 0 aliphatic carbocycles. The lowest BCUT2D eigenvalue weighted by molar-refractivity contribution is -0.137. The van der Waals surface area contributed by atoms with E-state index in [0.29, 0.717) is 81.8 Å². The zero-order valence-corrected chi connectivity index (χ0v) is 35.5. The fourth-order valence-corrected chi connectivity index (χ4v) is 7.83. The third kappa shape index (κ3) is 10.4. The average Bonchev–Trinajstić information content (AvgIpc) is 3.54. The Morgan fingerprint density at radius 1 is 0.877 bits per heavy atom. The number of piperidine rings is 1. The van der Waals surface area contributed by atoms with Crippen LogP contribution in [-0.2, 0) is 36.9 Å². The van der Waals surface area contributed by atoms with E-state index < -0.39 is 23.6 Å². The number of hydrogen-bond acceptors (Lipinski definition) is 12. The molecular weight excluding hydrogens is 864 g/mol. The Morgan fingerprint density at radius 3 is 2.40 bits per heavy atom. The van der Waals surface area contributed by atoms with Crippen LogP contribution in [0, 0.1) is 11.6 Å². The van der Waals surface area contributed by atoms with Gasteiger partial charge in [0.1, 0.15) is 17.7 Å². The number of halogens is 3. The zero-order chi connectivity index (χ0) is 45.5. The molecule has 1 aromatic heterocycles. The van der Waals surface area contributed by atoms with Crippen LogP contribution in [0.2, 0.25) is 5.02 Å². The highest BCUT2D eigenvalue weighted by molar-refractivity contribution is 6.31. The van der Waals surface area contributed by atoms with Gasteiger partial charge in [-0.1, -0.05) is 29.8 Å². The third-order valence-electron chi connectivity index (χ3n) is 10.8. The normalized spacial score (nSPS) is 15.3. The second kappa shape index (κ2) is 20.2. The van der Waals surface area contributed by atoms with E-state index in [1.54, 1.807) is 66.9 Å². The second-order valence-electron chi connectivity index (χ2n) is 15.2. The van der Waals surface area contributed by atoms with Crippen molar-refractivity contribution in [2.75, 3.05) is 56.7 Å². The van der Waals surface area contributed by atoms with Gasteiger partial charge in [-0.3, -0.25) is 34.3 Å². The van der Waals surface area contributed by atoms with E-state index in [0.717, 1.165) is 0 Å². The number of amides is 5. The molecule has 0 spiro atoms. The quantitative estimate of drug-likeness (QED) is 0.0626. The maximum absolute atomic E-state index is 14.9. The van der Waals surface area contributed by atoms with Crippen LogP contribution in [0.15, 0.2) is 90.1 Å². The maximum Gasteiger partial charge on any atom is 0.255 e. The summed E-state index contributed by atoms with van der Waals surface area (Å²) in [5, 5.41) is 14.5. The van der Waals surface area contributed by atoms with Crippen molar-refractivity contribution in [2.45, 2.75) is 32.0 Å². The van der Waals surface area contributed by atoms with Crippen molar-refractivity contribution in [3.8, 4) is 11.3 Å². The first kappa shape index (κ1) is 44.6. The summed E-state index contributed by atoms with van der Waals surface area (Å²) in [4.78, 5) is 77.6. The van der Waals surface area contributed by atoms with Gasteiger partial charge in [0.15, 0.2) is 0 Å². The van der Waals surface area contributed by atoms with Crippen LogP contribution < -0.4 is 26.6 Å². The summed E-state index contributed by atoms with van der Waals surface area (Å²) in [7, 11) is 0. The SMILES string of the molecule is O=C1CCC(N2Cc3c(NC(=O)CNCCOCCOCCNC(=O)c4ccc(Nc5ncc6c(n5)-c5ccc(Cl)cc5C(c5c(F)cccc5F)=NC6)cc4)cccc3C2=O)C(=O)N1. The minimum atomic E-state index is -0.746. The zero-order valence-electron chi connectivity index (χ0n) is 34.7. The molecular formula is C46H42ClF2N9O7. The summed E-state index contributed by atoms with van der Waals surface area (Å²) in [6, 6.07) is 19.7. The molecule has 16 nitrogen and oxygen atoms in total. The number of hydrogen-bond donors (Lipinski definition) is 5. The second-order valence-corrected chi connectivity index (χ2v) is 15.6. The molecule has 5 N–H and O–H groups in total. The largest absolute Gasteiger partial charge is 0.378 e. The number of nitrogens with zero attached hydrogens (tertiary/aromatic N) is 4. The molecule has 1 fully saturated rings. The van der Waals surface area contributed by atoms with E-state index in [1.807, 2.05) is 0 Å². The predicted molar refractivity (Wildman–Crippen MR) is 236 cm³/mol. The summed E-state index contributed by atoms with van der Waals surface area (Å²) in [6.07, 6.45) is 2.01. The van der Waals surface area contributed by atoms with Crippen LogP contribution in [0.3, 0.4) is 0 Å². The van der Waals surface area contributed by atoms with Gasteiger partial charge in [-0.15, -0.1) is 0 Å². The number of fused-ring (bicyclic) bond motifs is 4. The minimum absolute atomic E-state index is 0.00453. The van der Waals surface area contributed by atoms with Gasteiger partial charge in [0.25, 0.3) is 11.8 Å². The maximum atomic E-state index is 14.9. The number of ether oxygens (including phenoxy) is 2. The summed E-state index contributed by atoms with van der Waals surface area (Å²) < 4.78 is 41.0. The van der Waals surface area contributed by atoms with E-state index >= 15 is 0 Å². The topological polar surface area (TPSA) is 205 Å². The van der Waals surface area contributed by atoms with Gasteiger partial charge in [-0.2, -0.15) is 0 Å². The number of nitrogens with one attached hydrogen (secondary N) is 5. The van der Waals surface area contributed by atoms with Crippen molar-refractivity contribution >= 4 is 64.2 Å². The van der Waals surface area contributed by atoms with Gasteiger partial charge in [-0.05, 0) is 67.1 Å². The number of rotatable bonds is 17. The van der Waals surface area contributed by atoms with Gasteiger partial charge < -0.3 is 35.6 Å². The Labute approximate surface area is 376 Å². The predicted octanol–water partition coefficient (Wildman–Crippen LogP) is 4.92. The van der Waals surface area contributed by atoms with Crippen LogP contribution >= 0.6 is 11.6 Å². The molecule has 3 aliphatic heterocycles. The van der Waals surface area contributed by atoms with Crippen molar-refractivity contribution in [1.29, 1.82) is 0 Å². The third-order valence-corrected chi connectivity index (χ3v) is 11.1. The highest BCUT2D eigenvalue weighted by atomic mass is 35.5. The summed E-state index contributed by atoms with van der Waals surface area (Å²) in [5.41, 5.74) is 4.64. The Bertz CT molecular complexity index is 2680. The molecule has 0 saturated carbocycles. The van der Waals surface area contributed by atoms with Crippen LogP contribution in [0.5, 0.6) is 0 Å².